The van der Waals surface area contributed by atoms with Crippen molar-refractivity contribution in [3.8, 4) is 0 Å². The number of nitrogens with zero attached hydrogens (tertiary/aromatic N) is 2. The van der Waals surface area contributed by atoms with Crippen LogP contribution in [0.2, 0.25) is 0 Å². The quantitative estimate of drug-likeness (QED) is 0.937. The van der Waals surface area contributed by atoms with Crippen molar-refractivity contribution in [1.29, 1.82) is 0 Å². The molecule has 1 aromatic carbocycles. The molecule has 90 valence electrons. The van der Waals surface area contributed by atoms with Crippen LogP contribution in [0.5, 0.6) is 0 Å². The molecule has 0 atom stereocenters. The molecule has 0 saturated heterocycles. The third kappa shape index (κ3) is 2.85. The molecule has 1 heterocycles. The van der Waals surface area contributed by atoms with Gasteiger partial charge < -0.3 is 9.88 Å². The molecule has 0 saturated carbocycles. The molecule has 1 aromatic heterocycles. The number of imidazole rings is 1. The van der Waals surface area contributed by atoms with E-state index in [1.165, 1.54) is 6.07 Å². The molecule has 0 unspecified atom stereocenters. The molecule has 0 radical (unpaired) electrons. The monoisotopic (exact) mass is 297 g/mol. The van der Waals surface area contributed by atoms with E-state index in [0.29, 0.717) is 11.0 Å². The highest BCUT2D eigenvalue weighted by atomic mass is 79.9. The number of hydrogen-bond donors (Lipinski definition) is 1. The molecular formula is C12H13BrFN3. The van der Waals surface area contributed by atoms with Gasteiger partial charge in [-0.2, -0.15) is 0 Å². The van der Waals surface area contributed by atoms with Crippen molar-refractivity contribution in [3.63, 3.8) is 0 Å². The number of aryl methyl sites for hydroxylation is 1. The van der Waals surface area contributed by atoms with Gasteiger partial charge in [0.1, 0.15) is 11.6 Å². The van der Waals surface area contributed by atoms with E-state index >= 15 is 0 Å². The van der Waals surface area contributed by atoms with Crippen LogP contribution in [0.3, 0.4) is 0 Å². The molecule has 1 N–H and O–H groups in total. The maximum absolute atomic E-state index is 13.3. The second-order valence-electron chi connectivity index (χ2n) is 3.61. The summed E-state index contributed by atoms with van der Waals surface area (Å²) in [6, 6.07) is 4.97. The summed E-state index contributed by atoms with van der Waals surface area (Å²) in [6.45, 7) is 3.53. The SMILES string of the molecule is CCn1ccnc1CNc1ccc(Br)c(F)c1. The van der Waals surface area contributed by atoms with Gasteiger partial charge in [-0.1, -0.05) is 0 Å². The summed E-state index contributed by atoms with van der Waals surface area (Å²) in [7, 11) is 0. The van der Waals surface area contributed by atoms with E-state index in [9.17, 15) is 4.39 Å². The lowest BCUT2D eigenvalue weighted by atomic mass is 10.3. The zero-order valence-electron chi connectivity index (χ0n) is 9.45. The van der Waals surface area contributed by atoms with Crippen LogP contribution in [0, 0.1) is 5.82 Å². The van der Waals surface area contributed by atoms with E-state index in [1.807, 2.05) is 16.8 Å². The van der Waals surface area contributed by atoms with Crippen molar-refractivity contribution < 1.29 is 4.39 Å². The number of aromatic nitrogens is 2. The molecule has 0 spiro atoms. The van der Waals surface area contributed by atoms with Gasteiger partial charge in [0, 0.05) is 24.6 Å². The summed E-state index contributed by atoms with van der Waals surface area (Å²) in [4.78, 5) is 4.24. The zero-order valence-corrected chi connectivity index (χ0v) is 11.0. The Morgan fingerprint density at radius 3 is 3.00 bits per heavy atom. The minimum atomic E-state index is -0.270. The molecule has 0 bridgehead atoms. The normalized spacial score (nSPS) is 10.5. The predicted molar refractivity (Wildman–Crippen MR) is 69.3 cm³/mol. The lowest BCUT2D eigenvalue weighted by Gasteiger charge is -2.08. The van der Waals surface area contributed by atoms with Crippen LogP contribution in [-0.2, 0) is 13.1 Å². The van der Waals surface area contributed by atoms with Crippen LogP contribution in [0.4, 0.5) is 10.1 Å². The Hall–Kier alpha value is -1.36. The number of halogens is 2. The van der Waals surface area contributed by atoms with Crippen LogP contribution in [-0.4, -0.2) is 9.55 Å². The fourth-order valence-electron chi connectivity index (χ4n) is 1.58. The maximum atomic E-state index is 13.3. The van der Waals surface area contributed by atoms with E-state index < -0.39 is 0 Å². The average Bonchev–Trinajstić information content (AvgIpc) is 2.78. The van der Waals surface area contributed by atoms with Crippen molar-refractivity contribution in [3.05, 3.63) is 46.7 Å². The van der Waals surface area contributed by atoms with Crippen LogP contribution < -0.4 is 5.32 Å². The number of nitrogens with one attached hydrogen (secondary N) is 1. The third-order valence-corrected chi connectivity index (χ3v) is 3.16. The molecule has 0 aliphatic heterocycles. The first-order valence-electron chi connectivity index (χ1n) is 5.39. The molecule has 2 aromatic rings. The van der Waals surface area contributed by atoms with E-state index in [0.717, 1.165) is 18.1 Å². The number of rotatable bonds is 4. The molecule has 5 heteroatoms. The topological polar surface area (TPSA) is 29.9 Å². The fourth-order valence-corrected chi connectivity index (χ4v) is 1.83. The van der Waals surface area contributed by atoms with Crippen molar-refractivity contribution in [2.75, 3.05) is 5.32 Å². The van der Waals surface area contributed by atoms with E-state index in [4.69, 9.17) is 0 Å². The fraction of sp³-hybridized carbons (Fsp3) is 0.250. The summed E-state index contributed by atoms with van der Waals surface area (Å²) in [5.41, 5.74) is 0.747. The van der Waals surface area contributed by atoms with Gasteiger partial charge in [0.2, 0.25) is 0 Å². The molecular weight excluding hydrogens is 285 g/mol. The maximum Gasteiger partial charge on any atom is 0.139 e. The van der Waals surface area contributed by atoms with Crippen molar-refractivity contribution >= 4 is 21.6 Å². The summed E-state index contributed by atoms with van der Waals surface area (Å²) in [5.74, 6) is 0.671. The highest BCUT2D eigenvalue weighted by molar-refractivity contribution is 9.10. The van der Waals surface area contributed by atoms with Gasteiger partial charge in [0.15, 0.2) is 0 Å². The Morgan fingerprint density at radius 2 is 2.29 bits per heavy atom. The van der Waals surface area contributed by atoms with E-state index in [-0.39, 0.29) is 5.82 Å². The first-order chi connectivity index (χ1) is 8.20. The van der Waals surface area contributed by atoms with E-state index in [2.05, 4.69) is 33.2 Å². The summed E-state index contributed by atoms with van der Waals surface area (Å²) in [6.07, 6.45) is 3.70. The average molecular weight is 298 g/mol. The molecule has 0 fully saturated rings. The van der Waals surface area contributed by atoms with Gasteiger partial charge in [-0.3, -0.25) is 0 Å². The highest BCUT2D eigenvalue weighted by Crippen LogP contribution is 2.19. The predicted octanol–water partition coefficient (Wildman–Crippen LogP) is 3.42. The number of anilines is 1. The van der Waals surface area contributed by atoms with Gasteiger partial charge in [-0.05, 0) is 41.1 Å². The Morgan fingerprint density at radius 1 is 1.47 bits per heavy atom. The van der Waals surface area contributed by atoms with Crippen LogP contribution in [0.15, 0.2) is 35.1 Å². The lowest BCUT2D eigenvalue weighted by Crippen LogP contribution is -2.07. The lowest BCUT2D eigenvalue weighted by molar-refractivity contribution is 0.621. The molecule has 0 aliphatic carbocycles. The van der Waals surface area contributed by atoms with Crippen LogP contribution in [0.1, 0.15) is 12.7 Å². The van der Waals surface area contributed by atoms with E-state index in [1.54, 1.807) is 12.3 Å². The largest absolute Gasteiger partial charge is 0.378 e. The first kappa shape index (κ1) is 12.1. The first-order valence-corrected chi connectivity index (χ1v) is 6.19. The third-order valence-electron chi connectivity index (χ3n) is 2.51. The van der Waals surface area contributed by atoms with Gasteiger partial charge >= 0.3 is 0 Å². The van der Waals surface area contributed by atoms with Gasteiger partial charge in [0.25, 0.3) is 0 Å². The number of hydrogen-bond acceptors (Lipinski definition) is 2. The van der Waals surface area contributed by atoms with Crippen molar-refractivity contribution in [2.24, 2.45) is 0 Å². The molecule has 0 aliphatic rings. The Balaban J connectivity index is 2.05. The smallest absolute Gasteiger partial charge is 0.139 e. The minimum absolute atomic E-state index is 0.270. The summed E-state index contributed by atoms with van der Waals surface area (Å²) < 4.78 is 15.8. The standard InChI is InChI=1S/C12H13BrFN3/c1-2-17-6-5-15-12(17)8-16-9-3-4-10(13)11(14)7-9/h3-7,16H,2,8H2,1H3. The second-order valence-corrected chi connectivity index (χ2v) is 4.47. The van der Waals surface area contributed by atoms with Gasteiger partial charge in [-0.15, -0.1) is 0 Å². The molecule has 17 heavy (non-hydrogen) atoms. The zero-order chi connectivity index (χ0) is 12.3. The minimum Gasteiger partial charge on any atom is -0.378 e. The van der Waals surface area contributed by atoms with Crippen molar-refractivity contribution in [1.82, 2.24) is 9.55 Å². The summed E-state index contributed by atoms with van der Waals surface area (Å²) in [5, 5.41) is 3.15. The Bertz CT molecular complexity index is 510. The van der Waals surface area contributed by atoms with Crippen LogP contribution in [0.25, 0.3) is 0 Å². The van der Waals surface area contributed by atoms with Crippen molar-refractivity contribution in [2.45, 2.75) is 20.0 Å². The second kappa shape index (κ2) is 5.31. The molecule has 2 rings (SSSR count). The molecule has 0 amide bonds. The number of benzene rings is 1. The molecule has 3 nitrogen and oxygen atoms in total. The highest BCUT2D eigenvalue weighted by Gasteiger charge is 2.03. The summed E-state index contributed by atoms with van der Waals surface area (Å²) >= 11 is 3.12. The van der Waals surface area contributed by atoms with Gasteiger partial charge in [-0.25, -0.2) is 9.37 Å². The van der Waals surface area contributed by atoms with Crippen LogP contribution >= 0.6 is 15.9 Å². The Kier molecular flexibility index (Phi) is 3.78. The Labute approximate surface area is 108 Å². The van der Waals surface area contributed by atoms with Gasteiger partial charge in [0.05, 0.1) is 11.0 Å².